The number of carbonyl (C=O) groups is 1. The lowest BCUT2D eigenvalue weighted by molar-refractivity contribution is 0.0742. The minimum Gasteiger partial charge on any atom is -0.384 e. The number of carbonyl (C=O) groups excluding carboxylic acids is 1. The number of aromatic nitrogens is 1. The van der Waals surface area contributed by atoms with E-state index in [1.54, 1.807) is 19.3 Å². The fourth-order valence-corrected chi connectivity index (χ4v) is 4.15. The SMILES string of the molecule is CC(C)CNc1ccc(C(=O)N(C)C2CCS(=O)(=O)C2)nc1. The lowest BCUT2D eigenvalue weighted by Crippen LogP contribution is -2.38. The average Bonchev–Trinajstić information content (AvgIpc) is 2.84. The Morgan fingerprint density at radius 1 is 1.45 bits per heavy atom. The summed E-state index contributed by atoms with van der Waals surface area (Å²) < 4.78 is 23.0. The molecule has 122 valence electrons. The number of hydrogen-bond donors (Lipinski definition) is 1. The van der Waals surface area contributed by atoms with Crippen LogP contribution < -0.4 is 5.32 Å². The molecule has 1 aromatic heterocycles. The van der Waals surface area contributed by atoms with Crippen molar-refractivity contribution in [3.63, 3.8) is 0 Å². The van der Waals surface area contributed by atoms with E-state index in [2.05, 4.69) is 24.1 Å². The highest BCUT2D eigenvalue weighted by Gasteiger charge is 2.33. The summed E-state index contributed by atoms with van der Waals surface area (Å²) in [6.07, 6.45) is 2.13. The van der Waals surface area contributed by atoms with Gasteiger partial charge in [0.05, 0.1) is 23.4 Å². The standard InChI is InChI=1S/C15H23N3O3S/c1-11(2)8-16-12-4-5-14(17-9-12)15(19)18(3)13-6-7-22(20,21)10-13/h4-5,9,11,13,16H,6-8,10H2,1-3H3. The molecule has 0 aromatic carbocycles. The van der Waals surface area contributed by atoms with Gasteiger partial charge in [0, 0.05) is 19.6 Å². The highest BCUT2D eigenvalue weighted by molar-refractivity contribution is 7.91. The van der Waals surface area contributed by atoms with Gasteiger partial charge in [-0.3, -0.25) is 4.79 Å². The summed E-state index contributed by atoms with van der Waals surface area (Å²) in [6.45, 7) is 5.07. The first-order chi connectivity index (χ1) is 10.3. The number of hydrogen-bond acceptors (Lipinski definition) is 5. The van der Waals surface area contributed by atoms with Crippen molar-refractivity contribution >= 4 is 21.4 Å². The van der Waals surface area contributed by atoms with Crippen molar-refractivity contribution in [1.29, 1.82) is 0 Å². The lowest BCUT2D eigenvalue weighted by Gasteiger charge is -2.23. The summed E-state index contributed by atoms with van der Waals surface area (Å²) in [6, 6.07) is 3.24. The minimum absolute atomic E-state index is 0.0449. The maximum atomic E-state index is 12.4. The van der Waals surface area contributed by atoms with Gasteiger partial charge >= 0.3 is 0 Å². The van der Waals surface area contributed by atoms with Crippen molar-refractivity contribution in [3.05, 3.63) is 24.0 Å². The van der Waals surface area contributed by atoms with Crippen LogP contribution in [0.2, 0.25) is 0 Å². The van der Waals surface area contributed by atoms with E-state index < -0.39 is 9.84 Å². The second-order valence-electron chi connectivity index (χ2n) is 6.18. The number of amides is 1. The lowest BCUT2D eigenvalue weighted by atomic mass is 10.2. The Hall–Kier alpha value is -1.63. The van der Waals surface area contributed by atoms with Crippen molar-refractivity contribution in [1.82, 2.24) is 9.88 Å². The zero-order chi connectivity index (χ0) is 16.3. The van der Waals surface area contributed by atoms with Gasteiger partial charge < -0.3 is 10.2 Å². The summed E-state index contributed by atoms with van der Waals surface area (Å²) in [4.78, 5) is 18.0. The molecule has 1 saturated heterocycles. The van der Waals surface area contributed by atoms with Gasteiger partial charge in [0.15, 0.2) is 9.84 Å². The first-order valence-corrected chi connectivity index (χ1v) is 9.28. The van der Waals surface area contributed by atoms with Crippen molar-refractivity contribution in [3.8, 4) is 0 Å². The number of sulfone groups is 1. The molecule has 6 nitrogen and oxygen atoms in total. The van der Waals surface area contributed by atoms with E-state index in [9.17, 15) is 13.2 Å². The van der Waals surface area contributed by atoms with Crippen LogP contribution in [-0.2, 0) is 9.84 Å². The van der Waals surface area contributed by atoms with Crippen LogP contribution in [0, 0.1) is 5.92 Å². The van der Waals surface area contributed by atoms with Crippen LogP contribution in [0.1, 0.15) is 30.8 Å². The third-order valence-corrected chi connectivity index (χ3v) is 5.52. The second-order valence-corrected chi connectivity index (χ2v) is 8.41. The Labute approximate surface area is 131 Å². The molecule has 1 amide bonds. The Morgan fingerprint density at radius 2 is 2.18 bits per heavy atom. The fraction of sp³-hybridized carbons (Fsp3) is 0.600. The third-order valence-electron chi connectivity index (χ3n) is 3.77. The van der Waals surface area contributed by atoms with Gasteiger partial charge in [0.1, 0.15) is 5.69 Å². The van der Waals surface area contributed by atoms with Crippen molar-refractivity contribution in [2.45, 2.75) is 26.3 Å². The maximum absolute atomic E-state index is 12.4. The predicted octanol–water partition coefficient (Wildman–Crippen LogP) is 1.41. The first kappa shape index (κ1) is 16.7. The van der Waals surface area contributed by atoms with E-state index in [0.29, 0.717) is 18.0 Å². The van der Waals surface area contributed by atoms with Gasteiger partial charge in [-0.15, -0.1) is 0 Å². The third kappa shape index (κ3) is 4.19. The molecule has 0 saturated carbocycles. The van der Waals surface area contributed by atoms with Crippen LogP contribution in [0.5, 0.6) is 0 Å². The van der Waals surface area contributed by atoms with E-state index in [4.69, 9.17) is 0 Å². The average molecular weight is 325 g/mol. The van der Waals surface area contributed by atoms with Gasteiger partial charge in [-0.05, 0) is 24.5 Å². The van der Waals surface area contributed by atoms with Crippen molar-refractivity contribution < 1.29 is 13.2 Å². The molecule has 1 atom stereocenters. The van der Waals surface area contributed by atoms with Crippen LogP contribution in [0.3, 0.4) is 0 Å². The number of nitrogens with zero attached hydrogens (tertiary/aromatic N) is 2. The fourth-order valence-electron chi connectivity index (χ4n) is 2.37. The largest absolute Gasteiger partial charge is 0.384 e. The number of anilines is 1. The summed E-state index contributed by atoms with van der Waals surface area (Å²) in [5, 5.41) is 3.24. The molecule has 0 spiro atoms. The zero-order valence-electron chi connectivity index (χ0n) is 13.2. The molecule has 22 heavy (non-hydrogen) atoms. The molecular weight excluding hydrogens is 302 g/mol. The molecule has 1 aliphatic heterocycles. The molecular formula is C15H23N3O3S. The van der Waals surface area contributed by atoms with Crippen molar-refractivity contribution in [2.24, 2.45) is 5.92 Å². The number of nitrogens with one attached hydrogen (secondary N) is 1. The van der Waals surface area contributed by atoms with E-state index in [1.807, 2.05) is 6.07 Å². The Bertz CT molecular complexity index is 626. The Morgan fingerprint density at radius 3 is 2.68 bits per heavy atom. The molecule has 0 radical (unpaired) electrons. The van der Waals surface area contributed by atoms with E-state index >= 15 is 0 Å². The maximum Gasteiger partial charge on any atom is 0.272 e. The monoisotopic (exact) mass is 325 g/mol. The number of rotatable bonds is 5. The molecule has 1 N–H and O–H groups in total. The van der Waals surface area contributed by atoms with Crippen LogP contribution in [0.15, 0.2) is 18.3 Å². The molecule has 2 heterocycles. The van der Waals surface area contributed by atoms with Crippen LogP contribution in [-0.4, -0.2) is 55.3 Å². The molecule has 1 fully saturated rings. The Balaban J connectivity index is 2.00. The summed E-state index contributed by atoms with van der Waals surface area (Å²) in [7, 11) is -1.36. The summed E-state index contributed by atoms with van der Waals surface area (Å²) in [5.41, 5.74) is 1.21. The van der Waals surface area contributed by atoms with Gasteiger partial charge in [-0.2, -0.15) is 0 Å². The quantitative estimate of drug-likeness (QED) is 0.885. The predicted molar refractivity (Wildman–Crippen MR) is 86.7 cm³/mol. The first-order valence-electron chi connectivity index (χ1n) is 7.46. The van der Waals surface area contributed by atoms with Gasteiger partial charge in [-0.25, -0.2) is 13.4 Å². The molecule has 0 aliphatic carbocycles. The normalized spacial score (nSPS) is 20.1. The van der Waals surface area contributed by atoms with Crippen LogP contribution >= 0.6 is 0 Å². The van der Waals surface area contributed by atoms with Gasteiger partial charge in [0.25, 0.3) is 5.91 Å². The van der Waals surface area contributed by atoms with E-state index in [-0.39, 0.29) is 23.5 Å². The van der Waals surface area contributed by atoms with Crippen LogP contribution in [0.25, 0.3) is 0 Å². The van der Waals surface area contributed by atoms with Gasteiger partial charge in [-0.1, -0.05) is 13.8 Å². The van der Waals surface area contributed by atoms with Gasteiger partial charge in [0.2, 0.25) is 0 Å². The Kier molecular flexibility index (Phi) is 5.05. The molecule has 2 rings (SSSR count). The second kappa shape index (κ2) is 6.64. The van der Waals surface area contributed by atoms with Crippen molar-refractivity contribution in [2.75, 3.05) is 30.4 Å². The van der Waals surface area contributed by atoms with E-state index in [1.165, 1.54) is 4.90 Å². The highest BCUT2D eigenvalue weighted by atomic mass is 32.2. The topological polar surface area (TPSA) is 79.4 Å². The zero-order valence-corrected chi connectivity index (χ0v) is 14.1. The molecule has 1 unspecified atom stereocenters. The number of pyridine rings is 1. The molecule has 0 bridgehead atoms. The molecule has 1 aliphatic rings. The smallest absolute Gasteiger partial charge is 0.272 e. The highest BCUT2D eigenvalue weighted by Crippen LogP contribution is 2.18. The molecule has 7 heteroatoms. The summed E-state index contributed by atoms with van der Waals surface area (Å²) >= 11 is 0. The van der Waals surface area contributed by atoms with E-state index in [0.717, 1.165) is 12.2 Å². The minimum atomic E-state index is -3.00. The van der Waals surface area contributed by atoms with Crippen LogP contribution in [0.4, 0.5) is 5.69 Å². The summed E-state index contributed by atoms with van der Waals surface area (Å²) in [5.74, 6) is 0.485. The molecule has 1 aromatic rings.